The van der Waals surface area contributed by atoms with Gasteiger partial charge in [-0.15, -0.1) is 0 Å². The lowest BCUT2D eigenvalue weighted by molar-refractivity contribution is -0.182. The summed E-state index contributed by atoms with van der Waals surface area (Å²) in [7, 11) is -4.87. The third-order valence-electron chi connectivity index (χ3n) is 4.43. The summed E-state index contributed by atoms with van der Waals surface area (Å²) in [5.74, 6) is -2.99. The Labute approximate surface area is 214 Å². The van der Waals surface area contributed by atoms with Crippen molar-refractivity contribution in [2.45, 2.75) is 71.0 Å². The molecule has 15 nitrogen and oxygen atoms in total. The molecule has 1 aliphatic heterocycles. The van der Waals surface area contributed by atoms with Crippen molar-refractivity contribution in [2.24, 2.45) is 0 Å². The third-order valence-corrected chi connectivity index (χ3v) is 5.72. The van der Waals surface area contributed by atoms with Gasteiger partial charge in [0, 0.05) is 18.7 Å². The molecule has 216 valence electrons. The van der Waals surface area contributed by atoms with E-state index in [1.165, 1.54) is 27.7 Å². The lowest BCUT2D eigenvalue weighted by Crippen LogP contribution is -2.38. The molecule has 0 radical (unpaired) electrons. The molecule has 1 fully saturated rings. The highest BCUT2D eigenvalue weighted by Crippen LogP contribution is 2.53. The van der Waals surface area contributed by atoms with E-state index in [1.54, 1.807) is 0 Å². The van der Waals surface area contributed by atoms with Crippen molar-refractivity contribution in [2.75, 3.05) is 20.2 Å². The van der Waals surface area contributed by atoms with Gasteiger partial charge in [0.1, 0.15) is 6.61 Å². The number of H-pyrrole nitrogens is 1. The molecule has 0 aromatic carbocycles. The summed E-state index contributed by atoms with van der Waals surface area (Å²) in [5.41, 5.74) is -4.34. The largest absolute Gasteiger partial charge is 0.510 e. The van der Waals surface area contributed by atoms with Crippen molar-refractivity contribution < 1.29 is 60.2 Å². The maximum atomic E-state index is 15.5. The van der Waals surface area contributed by atoms with Gasteiger partial charge in [0.15, 0.2) is 11.9 Å². The number of nitrogens with one attached hydrogen (secondary N) is 1. The molecule has 38 heavy (non-hydrogen) atoms. The predicted octanol–water partition coefficient (Wildman–Crippen LogP) is 3.05. The molecule has 0 saturated carbocycles. The van der Waals surface area contributed by atoms with Gasteiger partial charge in [-0.3, -0.25) is 18.9 Å². The number of rotatable bonds is 12. The number of alkyl halides is 2. The number of carbonyl (C=O) groups is 2. The van der Waals surface area contributed by atoms with E-state index in [1.807, 2.05) is 4.98 Å². The van der Waals surface area contributed by atoms with E-state index >= 15 is 8.78 Å². The summed E-state index contributed by atoms with van der Waals surface area (Å²) in [6.07, 6.45) is -5.44. The molecular formula is C20H29F2N2O13P. The van der Waals surface area contributed by atoms with Crippen LogP contribution in [0.4, 0.5) is 18.4 Å². The maximum absolute atomic E-state index is 15.5. The normalized spacial score (nSPS) is 23.4. The lowest BCUT2D eigenvalue weighted by atomic mass is 10.0. The number of phosphoric acid groups is 1. The average molecular weight is 574 g/mol. The first-order chi connectivity index (χ1) is 17.5. The molecule has 0 bridgehead atoms. The highest BCUT2D eigenvalue weighted by Gasteiger charge is 2.57. The van der Waals surface area contributed by atoms with Crippen LogP contribution in [-0.4, -0.2) is 65.8 Å². The molecule has 1 N–H and O–H groups in total. The quantitative estimate of drug-likeness (QED) is 0.219. The van der Waals surface area contributed by atoms with E-state index in [0.717, 1.165) is 19.2 Å². The summed E-state index contributed by atoms with van der Waals surface area (Å²) in [4.78, 5) is 48.2. The van der Waals surface area contributed by atoms with Crippen LogP contribution in [0, 0.1) is 0 Å². The first kappa shape index (κ1) is 31.4. The van der Waals surface area contributed by atoms with Crippen molar-refractivity contribution in [3.8, 4) is 0 Å². The summed E-state index contributed by atoms with van der Waals surface area (Å²) >= 11 is 0. The van der Waals surface area contributed by atoms with Gasteiger partial charge in [0.2, 0.25) is 19.4 Å². The molecule has 2 heterocycles. The van der Waals surface area contributed by atoms with Crippen LogP contribution in [0.3, 0.4) is 0 Å². The summed E-state index contributed by atoms with van der Waals surface area (Å²) in [5, 5.41) is 0. The second-order valence-corrected chi connectivity index (χ2v) is 10.3. The number of phosphoric ester groups is 1. The Balaban J connectivity index is 2.10. The van der Waals surface area contributed by atoms with Crippen molar-refractivity contribution in [1.29, 1.82) is 0 Å². The van der Waals surface area contributed by atoms with Crippen molar-refractivity contribution in [3.63, 3.8) is 0 Å². The van der Waals surface area contributed by atoms with Crippen molar-refractivity contribution >= 4 is 20.1 Å². The van der Waals surface area contributed by atoms with E-state index in [-0.39, 0.29) is 0 Å². The minimum absolute atomic E-state index is 0.550. The number of hydrogen-bond donors (Lipinski definition) is 1. The highest BCUT2D eigenvalue weighted by molar-refractivity contribution is 7.48. The molecule has 1 aliphatic rings. The van der Waals surface area contributed by atoms with Gasteiger partial charge >= 0.3 is 25.8 Å². The SMILES string of the molecule is CC(C)OC(=O)OCOP(=O)(OCOC(=O)OC(C)C)OCC1(F)CC(C)(F)C(n2ccc(=O)[nH]c2=O)O1. The Morgan fingerprint density at radius 2 is 1.61 bits per heavy atom. The van der Waals surface area contributed by atoms with Gasteiger partial charge in [0.25, 0.3) is 5.56 Å². The number of carbonyl (C=O) groups excluding carboxylic acids is 2. The Bertz CT molecular complexity index is 1110. The molecule has 2 rings (SSSR count). The summed E-state index contributed by atoms with van der Waals surface area (Å²) in [6.45, 7) is 3.66. The topological polar surface area (TPSA) is 180 Å². The van der Waals surface area contributed by atoms with Crippen LogP contribution in [0.1, 0.15) is 47.3 Å². The summed E-state index contributed by atoms with van der Waals surface area (Å²) in [6, 6.07) is 0.903. The number of aromatic amines is 1. The molecule has 0 spiro atoms. The van der Waals surface area contributed by atoms with Gasteiger partial charge < -0.3 is 23.7 Å². The fourth-order valence-electron chi connectivity index (χ4n) is 3.03. The zero-order valence-electron chi connectivity index (χ0n) is 21.2. The standard InChI is InChI=1S/C20H29F2N2O13P/c1-12(2)35-17(27)30-10-33-38(29,34-11-31-18(28)36-13(3)4)32-9-20(22)8-19(5,21)15(37-20)24-7-6-14(25)23-16(24)26/h6-7,12-13,15H,8-11H2,1-5H3,(H,23,25,26). The van der Waals surface area contributed by atoms with Crippen LogP contribution in [-0.2, 0) is 41.8 Å². The molecule has 3 atom stereocenters. The van der Waals surface area contributed by atoms with E-state index in [9.17, 15) is 23.7 Å². The van der Waals surface area contributed by atoms with Gasteiger partial charge in [-0.25, -0.2) is 36.8 Å². The lowest BCUT2D eigenvalue weighted by Gasteiger charge is -2.24. The van der Waals surface area contributed by atoms with Crippen LogP contribution >= 0.6 is 7.82 Å². The van der Waals surface area contributed by atoms with E-state index < -0.39 is 88.0 Å². The Kier molecular flexibility index (Phi) is 10.6. The van der Waals surface area contributed by atoms with Crippen LogP contribution in [0.15, 0.2) is 21.9 Å². The zero-order valence-corrected chi connectivity index (χ0v) is 22.1. The molecule has 1 saturated heterocycles. The molecule has 0 amide bonds. The molecule has 1 aromatic rings. The second kappa shape index (κ2) is 12.8. The monoisotopic (exact) mass is 574 g/mol. The van der Waals surface area contributed by atoms with Gasteiger partial charge in [-0.2, -0.15) is 0 Å². The van der Waals surface area contributed by atoms with Gasteiger partial charge in [-0.05, 0) is 34.6 Å². The van der Waals surface area contributed by atoms with Crippen LogP contribution < -0.4 is 11.2 Å². The molecule has 3 unspecified atom stereocenters. The maximum Gasteiger partial charge on any atom is 0.510 e. The smallest absolute Gasteiger partial charge is 0.432 e. The van der Waals surface area contributed by atoms with E-state index in [2.05, 4.69) is 9.47 Å². The molecule has 0 aliphatic carbocycles. The molecular weight excluding hydrogens is 545 g/mol. The van der Waals surface area contributed by atoms with E-state index in [4.69, 9.17) is 27.8 Å². The second-order valence-electron chi connectivity index (χ2n) is 8.66. The molecule has 18 heteroatoms. The minimum atomic E-state index is -4.87. The summed E-state index contributed by atoms with van der Waals surface area (Å²) < 4.78 is 82.3. The minimum Gasteiger partial charge on any atom is -0.432 e. The average Bonchev–Trinajstić information content (AvgIpc) is 3.00. The fraction of sp³-hybridized carbons (Fsp3) is 0.700. The van der Waals surface area contributed by atoms with Crippen molar-refractivity contribution in [3.05, 3.63) is 33.1 Å². The first-order valence-corrected chi connectivity index (χ1v) is 12.6. The third kappa shape index (κ3) is 9.47. The first-order valence-electron chi connectivity index (χ1n) is 11.1. The van der Waals surface area contributed by atoms with Gasteiger partial charge in [-0.1, -0.05) is 0 Å². The number of halogens is 2. The zero-order chi connectivity index (χ0) is 28.7. The number of aromatic nitrogens is 2. The number of ether oxygens (including phenoxy) is 5. The van der Waals surface area contributed by atoms with Gasteiger partial charge in [0.05, 0.1) is 12.2 Å². The number of nitrogens with zero attached hydrogens (tertiary/aromatic N) is 1. The highest BCUT2D eigenvalue weighted by atomic mass is 31.2. The predicted molar refractivity (Wildman–Crippen MR) is 120 cm³/mol. The van der Waals surface area contributed by atoms with Crippen LogP contribution in [0.25, 0.3) is 0 Å². The van der Waals surface area contributed by atoms with Crippen LogP contribution in [0.2, 0.25) is 0 Å². The van der Waals surface area contributed by atoms with E-state index in [0.29, 0.717) is 4.57 Å². The fourth-order valence-corrected chi connectivity index (χ4v) is 3.97. The Hall–Kier alpha value is -2.85. The Morgan fingerprint density at radius 1 is 1.08 bits per heavy atom. The Morgan fingerprint density at radius 3 is 2.08 bits per heavy atom. The molecule has 1 aromatic heterocycles. The van der Waals surface area contributed by atoms with Crippen molar-refractivity contribution in [1.82, 2.24) is 9.55 Å². The number of hydrogen-bond acceptors (Lipinski definition) is 13. The van der Waals surface area contributed by atoms with Crippen LogP contribution in [0.5, 0.6) is 0 Å².